The van der Waals surface area contributed by atoms with Gasteiger partial charge in [0.2, 0.25) is 10.0 Å². The van der Waals surface area contributed by atoms with Crippen LogP contribution in [0.4, 0.5) is 5.69 Å². The van der Waals surface area contributed by atoms with Crippen LogP contribution in [0.1, 0.15) is 28.8 Å². The zero-order valence-corrected chi connectivity index (χ0v) is 17.2. The zero-order chi connectivity index (χ0) is 21.3. The van der Waals surface area contributed by atoms with Crippen LogP contribution in [0.5, 0.6) is 5.75 Å². The first kappa shape index (κ1) is 20.1. The normalized spacial score (nSPS) is 13.8. The molecule has 0 spiro atoms. The van der Waals surface area contributed by atoms with Crippen molar-refractivity contribution in [3.8, 4) is 11.4 Å². The van der Waals surface area contributed by atoms with Gasteiger partial charge in [0.15, 0.2) is 0 Å². The van der Waals surface area contributed by atoms with Gasteiger partial charge in [-0.25, -0.2) is 18.2 Å². The van der Waals surface area contributed by atoms with Crippen molar-refractivity contribution in [1.29, 1.82) is 0 Å². The second kappa shape index (κ2) is 7.92. The van der Waals surface area contributed by atoms with Gasteiger partial charge in [0.25, 0.3) is 5.91 Å². The molecule has 0 saturated heterocycles. The number of amides is 1. The molecule has 0 atom stereocenters. The van der Waals surface area contributed by atoms with Crippen LogP contribution in [-0.4, -0.2) is 30.7 Å². The monoisotopic (exact) mass is 426 g/mol. The van der Waals surface area contributed by atoms with Crippen molar-refractivity contribution in [2.45, 2.75) is 24.7 Å². The van der Waals surface area contributed by atoms with E-state index in [2.05, 4.69) is 10.4 Å². The molecule has 0 aliphatic heterocycles. The summed E-state index contributed by atoms with van der Waals surface area (Å²) in [5.41, 5.74) is 2.14. The number of benzene rings is 2. The van der Waals surface area contributed by atoms with Gasteiger partial charge in [0.1, 0.15) is 5.75 Å². The van der Waals surface area contributed by atoms with E-state index in [0.717, 1.165) is 5.56 Å². The summed E-state index contributed by atoms with van der Waals surface area (Å²) in [5.74, 6) is 0.964. The van der Waals surface area contributed by atoms with Crippen LogP contribution in [0, 0.1) is 12.8 Å². The topological polar surface area (TPSA) is 116 Å². The van der Waals surface area contributed by atoms with Crippen molar-refractivity contribution >= 4 is 21.6 Å². The van der Waals surface area contributed by atoms with Crippen LogP contribution in [-0.2, 0) is 10.0 Å². The SMILES string of the molecule is Cc1cnn(-c2ccc(S(N)(=O)=O)cc2NC(=O)c2ccc(OCC3CC3)cc2)c1. The minimum atomic E-state index is -3.93. The third kappa shape index (κ3) is 4.69. The maximum atomic E-state index is 12.8. The number of aryl methyl sites for hydroxylation is 1. The first-order valence-corrected chi connectivity index (χ1v) is 11.1. The van der Waals surface area contributed by atoms with Crippen LogP contribution in [0.3, 0.4) is 0 Å². The third-order valence-corrected chi connectivity index (χ3v) is 5.71. The molecule has 9 heteroatoms. The third-order valence-electron chi connectivity index (χ3n) is 4.80. The molecular weight excluding hydrogens is 404 g/mol. The average Bonchev–Trinajstić information content (AvgIpc) is 3.45. The number of nitrogens with zero attached hydrogens (tertiary/aromatic N) is 2. The summed E-state index contributed by atoms with van der Waals surface area (Å²) in [6, 6.07) is 11.1. The van der Waals surface area contributed by atoms with Gasteiger partial charge in [-0.05, 0) is 73.7 Å². The van der Waals surface area contributed by atoms with Gasteiger partial charge >= 0.3 is 0 Å². The molecule has 0 radical (unpaired) electrons. The van der Waals surface area contributed by atoms with Crippen LogP contribution >= 0.6 is 0 Å². The van der Waals surface area contributed by atoms with Crippen LogP contribution in [0.2, 0.25) is 0 Å². The standard InChI is InChI=1S/C21H22N4O4S/c1-14-11-23-25(12-14)20-9-8-18(30(22,27)28)10-19(20)24-21(26)16-4-6-17(7-5-16)29-13-15-2-3-15/h4-12,15H,2-3,13H2,1H3,(H,24,26)(H2,22,27,28). The molecule has 1 heterocycles. The van der Waals surface area contributed by atoms with E-state index in [0.29, 0.717) is 29.5 Å². The molecule has 8 nitrogen and oxygen atoms in total. The van der Waals surface area contributed by atoms with Gasteiger partial charge in [-0.3, -0.25) is 4.79 Å². The van der Waals surface area contributed by atoms with Crippen molar-refractivity contribution in [3.63, 3.8) is 0 Å². The van der Waals surface area contributed by atoms with Crippen LogP contribution < -0.4 is 15.2 Å². The van der Waals surface area contributed by atoms with Crippen LogP contribution in [0.15, 0.2) is 59.8 Å². The highest BCUT2D eigenvalue weighted by atomic mass is 32.2. The number of nitrogens with two attached hydrogens (primary N) is 1. The summed E-state index contributed by atoms with van der Waals surface area (Å²) in [4.78, 5) is 12.7. The molecule has 1 saturated carbocycles. The minimum absolute atomic E-state index is 0.103. The number of rotatable bonds is 7. The van der Waals surface area contributed by atoms with E-state index >= 15 is 0 Å². The second-order valence-electron chi connectivity index (χ2n) is 7.42. The number of ether oxygens (including phenoxy) is 1. The van der Waals surface area contributed by atoms with E-state index < -0.39 is 10.0 Å². The Bertz CT molecular complexity index is 1180. The number of hydrogen-bond donors (Lipinski definition) is 2. The molecule has 3 N–H and O–H groups in total. The van der Waals surface area contributed by atoms with Gasteiger partial charge in [0, 0.05) is 11.8 Å². The van der Waals surface area contributed by atoms with E-state index in [9.17, 15) is 13.2 Å². The lowest BCUT2D eigenvalue weighted by Crippen LogP contribution is -2.17. The minimum Gasteiger partial charge on any atom is -0.493 e. The van der Waals surface area contributed by atoms with Gasteiger partial charge in [0.05, 0.1) is 29.1 Å². The summed E-state index contributed by atoms with van der Waals surface area (Å²) >= 11 is 0. The highest BCUT2D eigenvalue weighted by Crippen LogP contribution is 2.29. The summed E-state index contributed by atoms with van der Waals surface area (Å²) < 4.78 is 30.8. The molecule has 3 aromatic rings. The summed E-state index contributed by atoms with van der Waals surface area (Å²) in [6.45, 7) is 2.58. The fraction of sp³-hybridized carbons (Fsp3) is 0.238. The zero-order valence-electron chi connectivity index (χ0n) is 16.4. The quantitative estimate of drug-likeness (QED) is 0.603. The number of carbonyl (C=O) groups is 1. The number of aromatic nitrogens is 2. The van der Waals surface area contributed by atoms with Gasteiger partial charge < -0.3 is 10.1 Å². The predicted molar refractivity (Wildman–Crippen MR) is 112 cm³/mol. The molecule has 1 aliphatic carbocycles. The van der Waals surface area contributed by atoms with E-state index in [1.807, 2.05) is 6.92 Å². The fourth-order valence-corrected chi connectivity index (χ4v) is 3.47. The van der Waals surface area contributed by atoms with E-state index in [4.69, 9.17) is 9.88 Å². The van der Waals surface area contributed by atoms with E-state index in [-0.39, 0.29) is 16.5 Å². The number of primary sulfonamides is 1. The Hall–Kier alpha value is -3.17. The molecule has 4 rings (SSSR count). The Balaban J connectivity index is 1.59. The molecule has 1 amide bonds. The Morgan fingerprint density at radius 3 is 2.57 bits per heavy atom. The number of sulfonamides is 1. The highest BCUT2D eigenvalue weighted by molar-refractivity contribution is 7.89. The largest absolute Gasteiger partial charge is 0.493 e. The summed E-state index contributed by atoms with van der Waals surface area (Å²) in [7, 11) is -3.93. The first-order chi connectivity index (χ1) is 14.3. The number of nitrogens with one attached hydrogen (secondary N) is 1. The van der Waals surface area contributed by atoms with Crippen molar-refractivity contribution in [2.75, 3.05) is 11.9 Å². The van der Waals surface area contributed by atoms with E-state index in [1.54, 1.807) is 47.4 Å². The predicted octanol–water partition coefficient (Wildman–Crippen LogP) is 2.87. The number of carbonyl (C=O) groups excluding carboxylic acids is 1. The fourth-order valence-electron chi connectivity index (χ4n) is 2.93. The number of anilines is 1. The Morgan fingerprint density at radius 1 is 1.23 bits per heavy atom. The molecule has 1 fully saturated rings. The first-order valence-electron chi connectivity index (χ1n) is 9.52. The van der Waals surface area contributed by atoms with Gasteiger partial charge in [-0.2, -0.15) is 5.10 Å². The molecule has 2 aromatic carbocycles. The van der Waals surface area contributed by atoms with Crippen molar-refractivity contribution < 1.29 is 17.9 Å². The Kier molecular flexibility index (Phi) is 5.31. The molecule has 1 aliphatic rings. The summed E-state index contributed by atoms with van der Waals surface area (Å²) in [5, 5.41) is 12.3. The second-order valence-corrected chi connectivity index (χ2v) is 8.98. The van der Waals surface area contributed by atoms with Crippen molar-refractivity contribution in [1.82, 2.24) is 9.78 Å². The highest BCUT2D eigenvalue weighted by Gasteiger charge is 2.22. The van der Waals surface area contributed by atoms with Crippen molar-refractivity contribution in [3.05, 3.63) is 66.0 Å². The van der Waals surface area contributed by atoms with Gasteiger partial charge in [-0.1, -0.05) is 0 Å². The number of hydrogen-bond acceptors (Lipinski definition) is 5. The maximum absolute atomic E-state index is 12.8. The summed E-state index contributed by atoms with van der Waals surface area (Å²) in [6.07, 6.45) is 5.85. The maximum Gasteiger partial charge on any atom is 0.255 e. The lowest BCUT2D eigenvalue weighted by Gasteiger charge is -2.13. The molecule has 0 bridgehead atoms. The lowest BCUT2D eigenvalue weighted by molar-refractivity contribution is 0.102. The Labute approximate surface area is 174 Å². The average molecular weight is 426 g/mol. The molecular formula is C21H22N4O4S. The van der Waals surface area contributed by atoms with Crippen LogP contribution in [0.25, 0.3) is 5.69 Å². The lowest BCUT2D eigenvalue weighted by atomic mass is 10.2. The molecule has 0 unspecified atom stereocenters. The molecule has 30 heavy (non-hydrogen) atoms. The smallest absolute Gasteiger partial charge is 0.255 e. The van der Waals surface area contributed by atoms with Gasteiger partial charge in [-0.15, -0.1) is 0 Å². The Morgan fingerprint density at radius 2 is 1.97 bits per heavy atom. The van der Waals surface area contributed by atoms with E-state index in [1.165, 1.54) is 25.0 Å². The molecule has 1 aromatic heterocycles. The molecule has 156 valence electrons. The van der Waals surface area contributed by atoms with Crippen molar-refractivity contribution in [2.24, 2.45) is 11.1 Å².